The predicted molar refractivity (Wildman–Crippen MR) is 81.6 cm³/mol. The van der Waals surface area contributed by atoms with Crippen LogP contribution in [0, 0.1) is 0 Å². The summed E-state index contributed by atoms with van der Waals surface area (Å²) < 4.78 is 5.29. The van der Waals surface area contributed by atoms with Crippen LogP contribution in [0.5, 0.6) is 5.95 Å². The summed E-state index contributed by atoms with van der Waals surface area (Å²) >= 11 is 11.9. The summed E-state index contributed by atoms with van der Waals surface area (Å²) in [6.45, 7) is 0. The van der Waals surface area contributed by atoms with E-state index in [1.165, 1.54) is 6.21 Å². The van der Waals surface area contributed by atoms with Gasteiger partial charge in [0.15, 0.2) is 5.76 Å². The average molecular weight is 306 g/mol. The third-order valence-corrected chi connectivity index (χ3v) is 3.40. The molecule has 0 saturated heterocycles. The molecule has 100 valence electrons. The highest BCUT2D eigenvalue weighted by Crippen LogP contribution is 2.31. The summed E-state index contributed by atoms with van der Waals surface area (Å²) in [6.07, 6.45) is 1.52. The molecule has 1 aromatic heterocycles. The van der Waals surface area contributed by atoms with E-state index in [0.717, 1.165) is 5.39 Å². The van der Waals surface area contributed by atoms with Crippen LogP contribution in [0.1, 0.15) is 5.76 Å². The van der Waals surface area contributed by atoms with Crippen LogP contribution in [-0.2, 0) is 0 Å². The van der Waals surface area contributed by atoms with Crippen LogP contribution in [0.3, 0.4) is 0 Å². The molecule has 0 spiro atoms. The van der Waals surface area contributed by atoms with E-state index in [4.69, 9.17) is 27.6 Å². The monoisotopic (exact) mass is 305 g/mol. The van der Waals surface area contributed by atoms with E-state index in [9.17, 15) is 5.11 Å². The fourth-order valence-electron chi connectivity index (χ4n) is 1.91. The Morgan fingerprint density at radius 3 is 2.55 bits per heavy atom. The molecule has 0 unspecified atom stereocenters. The first-order chi connectivity index (χ1) is 9.65. The smallest absolute Gasteiger partial charge is 0.290 e. The first kappa shape index (κ1) is 13.0. The summed E-state index contributed by atoms with van der Waals surface area (Å²) in [5, 5.41) is 12.2. The summed E-state index contributed by atoms with van der Waals surface area (Å²) in [5.41, 5.74) is 0.580. The largest absolute Gasteiger partial charge is 0.480 e. The van der Waals surface area contributed by atoms with Gasteiger partial charge in [-0.3, -0.25) is 4.99 Å². The van der Waals surface area contributed by atoms with E-state index in [0.29, 0.717) is 26.9 Å². The molecule has 0 amide bonds. The third kappa shape index (κ3) is 2.38. The molecular weight excluding hydrogens is 297 g/mol. The quantitative estimate of drug-likeness (QED) is 0.662. The first-order valence-electron chi connectivity index (χ1n) is 5.85. The van der Waals surface area contributed by atoms with Gasteiger partial charge in [-0.15, -0.1) is 0 Å². The van der Waals surface area contributed by atoms with Crippen molar-refractivity contribution in [1.29, 1.82) is 0 Å². The van der Waals surface area contributed by atoms with E-state index >= 15 is 0 Å². The van der Waals surface area contributed by atoms with Crippen molar-refractivity contribution in [2.24, 2.45) is 4.99 Å². The summed E-state index contributed by atoms with van der Waals surface area (Å²) in [7, 11) is 0. The van der Waals surface area contributed by atoms with Crippen LogP contribution < -0.4 is 0 Å². The van der Waals surface area contributed by atoms with E-state index in [2.05, 4.69) is 4.99 Å². The zero-order valence-corrected chi connectivity index (χ0v) is 11.7. The second kappa shape index (κ2) is 5.19. The van der Waals surface area contributed by atoms with Gasteiger partial charge in [-0.2, -0.15) is 0 Å². The van der Waals surface area contributed by atoms with Crippen LogP contribution in [0.15, 0.2) is 51.9 Å². The lowest BCUT2D eigenvalue weighted by atomic mass is 10.2. The molecule has 0 atom stereocenters. The SMILES string of the molecule is Oc1oc(C=Nc2ccc(Cl)cc2Cl)c2ccccc12. The van der Waals surface area contributed by atoms with Gasteiger partial charge in [0.05, 0.1) is 22.3 Å². The van der Waals surface area contributed by atoms with Crippen molar-refractivity contribution in [2.75, 3.05) is 0 Å². The Morgan fingerprint density at radius 2 is 1.80 bits per heavy atom. The second-order valence-corrected chi connectivity index (χ2v) is 5.01. The molecule has 0 aliphatic rings. The normalized spacial score (nSPS) is 11.5. The topological polar surface area (TPSA) is 45.7 Å². The summed E-state index contributed by atoms with van der Waals surface area (Å²) in [4.78, 5) is 4.26. The minimum Gasteiger partial charge on any atom is -0.480 e. The molecule has 0 saturated carbocycles. The van der Waals surface area contributed by atoms with Crippen molar-refractivity contribution in [3.8, 4) is 5.95 Å². The van der Waals surface area contributed by atoms with Gasteiger partial charge in [0.2, 0.25) is 0 Å². The van der Waals surface area contributed by atoms with Gasteiger partial charge < -0.3 is 9.52 Å². The Kier molecular flexibility index (Phi) is 3.38. The average Bonchev–Trinajstić information content (AvgIpc) is 2.75. The number of benzene rings is 2. The molecule has 1 heterocycles. The Balaban J connectivity index is 2.02. The molecule has 0 aliphatic heterocycles. The van der Waals surface area contributed by atoms with Gasteiger partial charge in [-0.05, 0) is 24.3 Å². The molecule has 3 nitrogen and oxygen atoms in total. The maximum Gasteiger partial charge on any atom is 0.290 e. The van der Waals surface area contributed by atoms with E-state index in [1.807, 2.05) is 18.2 Å². The molecule has 3 rings (SSSR count). The minimum atomic E-state index is -0.121. The lowest BCUT2D eigenvalue weighted by molar-refractivity contribution is 0.336. The second-order valence-electron chi connectivity index (χ2n) is 4.17. The van der Waals surface area contributed by atoms with Crippen molar-refractivity contribution in [3.05, 3.63) is 58.3 Å². The number of nitrogens with zero attached hydrogens (tertiary/aromatic N) is 1. The van der Waals surface area contributed by atoms with Crippen LogP contribution in [0.2, 0.25) is 10.0 Å². The summed E-state index contributed by atoms with van der Waals surface area (Å²) in [6, 6.07) is 12.4. The molecule has 0 fully saturated rings. The number of fused-ring (bicyclic) bond motifs is 1. The predicted octanol–water partition coefficient (Wildman–Crippen LogP) is 5.20. The Hall–Kier alpha value is -1.97. The van der Waals surface area contributed by atoms with Gasteiger partial charge in [-0.25, -0.2) is 0 Å². The van der Waals surface area contributed by atoms with Gasteiger partial charge in [0.25, 0.3) is 5.95 Å². The zero-order chi connectivity index (χ0) is 14.1. The van der Waals surface area contributed by atoms with E-state index in [-0.39, 0.29) is 5.95 Å². The maximum atomic E-state index is 9.71. The van der Waals surface area contributed by atoms with Crippen LogP contribution in [-0.4, -0.2) is 11.3 Å². The molecule has 5 heteroatoms. The molecule has 0 aliphatic carbocycles. The number of hydrogen-bond donors (Lipinski definition) is 1. The Bertz CT molecular complexity index is 809. The fourth-order valence-corrected chi connectivity index (χ4v) is 2.37. The number of rotatable bonds is 2. The van der Waals surface area contributed by atoms with Crippen LogP contribution in [0.25, 0.3) is 10.8 Å². The highest BCUT2D eigenvalue weighted by molar-refractivity contribution is 6.36. The third-order valence-electron chi connectivity index (χ3n) is 2.86. The molecule has 2 aromatic carbocycles. The van der Waals surface area contributed by atoms with Gasteiger partial charge >= 0.3 is 0 Å². The minimum absolute atomic E-state index is 0.121. The maximum absolute atomic E-state index is 9.71. The van der Waals surface area contributed by atoms with Crippen LogP contribution >= 0.6 is 23.2 Å². The molecule has 0 bridgehead atoms. The lowest BCUT2D eigenvalue weighted by Crippen LogP contribution is -1.77. The first-order valence-corrected chi connectivity index (χ1v) is 6.60. The molecule has 20 heavy (non-hydrogen) atoms. The zero-order valence-electron chi connectivity index (χ0n) is 10.2. The molecule has 3 aromatic rings. The van der Waals surface area contributed by atoms with Crippen molar-refractivity contribution in [3.63, 3.8) is 0 Å². The highest BCUT2D eigenvalue weighted by Gasteiger charge is 2.09. The number of aromatic hydroxyl groups is 1. The molecule has 0 radical (unpaired) electrons. The van der Waals surface area contributed by atoms with Crippen molar-refractivity contribution < 1.29 is 9.52 Å². The van der Waals surface area contributed by atoms with Gasteiger partial charge in [-0.1, -0.05) is 41.4 Å². The molecule has 1 N–H and O–H groups in total. The fraction of sp³-hybridized carbons (Fsp3) is 0. The highest BCUT2D eigenvalue weighted by atomic mass is 35.5. The van der Waals surface area contributed by atoms with E-state index in [1.54, 1.807) is 24.3 Å². The lowest BCUT2D eigenvalue weighted by Gasteiger charge is -1.97. The van der Waals surface area contributed by atoms with E-state index < -0.39 is 0 Å². The Morgan fingerprint density at radius 1 is 1.05 bits per heavy atom. The van der Waals surface area contributed by atoms with Crippen LogP contribution in [0.4, 0.5) is 5.69 Å². The van der Waals surface area contributed by atoms with Crippen molar-refractivity contribution in [1.82, 2.24) is 0 Å². The Labute approximate surface area is 125 Å². The number of hydrogen-bond acceptors (Lipinski definition) is 3. The van der Waals surface area contributed by atoms with Gasteiger partial charge in [0, 0.05) is 10.4 Å². The molecular formula is C15H9Cl2NO2. The van der Waals surface area contributed by atoms with Gasteiger partial charge in [0.1, 0.15) is 0 Å². The number of halogens is 2. The summed E-state index contributed by atoms with van der Waals surface area (Å²) in [5.74, 6) is 0.355. The van der Waals surface area contributed by atoms with Crippen molar-refractivity contribution in [2.45, 2.75) is 0 Å². The number of furan rings is 1. The number of aliphatic imine (C=N–C) groups is 1. The standard InChI is InChI=1S/C15H9Cl2NO2/c16-9-5-6-13(12(17)7-9)18-8-14-10-3-1-2-4-11(10)15(19)20-14/h1-8,19H. The van der Waals surface area contributed by atoms with Crippen molar-refractivity contribution >= 4 is 45.9 Å².